The molecular weight excluding hydrogens is 316 g/mol. The van der Waals surface area contributed by atoms with Gasteiger partial charge in [0.25, 0.3) is 0 Å². The molecule has 3 fully saturated rings. The molecule has 25 heavy (non-hydrogen) atoms. The predicted molar refractivity (Wildman–Crippen MR) is 95.4 cm³/mol. The average molecular weight is 346 g/mol. The van der Waals surface area contributed by atoms with Gasteiger partial charge in [-0.25, -0.2) is 0 Å². The molecule has 5 nitrogen and oxygen atoms in total. The lowest BCUT2D eigenvalue weighted by molar-refractivity contribution is -0.147. The van der Waals surface area contributed by atoms with Gasteiger partial charge >= 0.3 is 0 Å². The number of aromatic nitrogens is 1. The molecule has 0 bridgehead atoms. The summed E-state index contributed by atoms with van der Waals surface area (Å²) in [7, 11) is 0. The van der Waals surface area contributed by atoms with Gasteiger partial charge in [0.1, 0.15) is 0 Å². The molecule has 5 heteroatoms. The summed E-state index contributed by atoms with van der Waals surface area (Å²) >= 11 is 0. The van der Waals surface area contributed by atoms with Gasteiger partial charge < -0.3 is 14.2 Å². The Morgan fingerprint density at radius 2 is 2.00 bits per heavy atom. The minimum Gasteiger partial charge on any atom is -0.381 e. The van der Waals surface area contributed by atoms with Crippen molar-refractivity contribution in [2.45, 2.75) is 38.3 Å². The van der Waals surface area contributed by atoms with Gasteiger partial charge in [-0.2, -0.15) is 0 Å². The highest BCUT2D eigenvalue weighted by Crippen LogP contribution is 2.40. The first kappa shape index (κ1) is 17.4. The minimum atomic E-state index is 0.0273. The van der Waals surface area contributed by atoms with E-state index in [1.165, 1.54) is 0 Å². The van der Waals surface area contributed by atoms with Gasteiger partial charge in [-0.3, -0.25) is 9.88 Å². The molecule has 4 heterocycles. The third-order valence-corrected chi connectivity index (χ3v) is 5.93. The zero-order valence-corrected chi connectivity index (χ0v) is 15.3. The van der Waals surface area contributed by atoms with E-state index in [9.17, 15) is 0 Å². The molecule has 0 saturated carbocycles. The van der Waals surface area contributed by atoms with Crippen LogP contribution >= 0.6 is 0 Å². The van der Waals surface area contributed by atoms with E-state index in [-0.39, 0.29) is 5.60 Å². The molecule has 1 aromatic rings. The van der Waals surface area contributed by atoms with Crippen LogP contribution in [0.3, 0.4) is 0 Å². The van der Waals surface area contributed by atoms with E-state index in [4.69, 9.17) is 14.2 Å². The molecule has 0 radical (unpaired) electrons. The standard InChI is InChI=1S/C20H30N2O3/c1-16-3-2-4-19(21-16)11-22-14-20(15-22)18(7-10-25-20)13-24-12-17-5-8-23-9-6-17/h2-4,17-18H,5-15H2,1H3/t18-/m0/s1. The number of ether oxygens (including phenoxy) is 3. The normalized spacial score (nSPS) is 26.8. The number of rotatable bonds is 6. The van der Waals surface area contributed by atoms with Crippen LogP contribution in [-0.4, -0.2) is 61.6 Å². The minimum absolute atomic E-state index is 0.0273. The Morgan fingerprint density at radius 3 is 2.80 bits per heavy atom. The lowest BCUT2D eigenvalue weighted by Gasteiger charge is -2.50. The van der Waals surface area contributed by atoms with Gasteiger partial charge in [-0.15, -0.1) is 0 Å². The van der Waals surface area contributed by atoms with Crippen molar-refractivity contribution in [3.8, 4) is 0 Å². The van der Waals surface area contributed by atoms with Crippen LogP contribution in [-0.2, 0) is 20.8 Å². The van der Waals surface area contributed by atoms with Crippen molar-refractivity contribution in [3.63, 3.8) is 0 Å². The van der Waals surface area contributed by atoms with Crippen LogP contribution in [0.1, 0.15) is 30.7 Å². The molecule has 0 aliphatic carbocycles. The second kappa shape index (κ2) is 7.70. The number of hydrogen-bond acceptors (Lipinski definition) is 5. The summed E-state index contributed by atoms with van der Waals surface area (Å²) in [5.74, 6) is 1.21. The number of likely N-dealkylation sites (tertiary alicyclic amines) is 1. The number of nitrogens with zero attached hydrogens (tertiary/aromatic N) is 2. The van der Waals surface area contributed by atoms with Gasteiger partial charge in [0.15, 0.2) is 0 Å². The summed E-state index contributed by atoms with van der Waals surface area (Å²) < 4.78 is 17.7. The summed E-state index contributed by atoms with van der Waals surface area (Å²) in [5.41, 5.74) is 2.27. The first-order valence-corrected chi connectivity index (χ1v) is 9.68. The fourth-order valence-corrected chi connectivity index (χ4v) is 4.40. The van der Waals surface area contributed by atoms with Gasteiger partial charge in [0.05, 0.1) is 17.9 Å². The molecular formula is C20H30N2O3. The van der Waals surface area contributed by atoms with Crippen molar-refractivity contribution in [2.24, 2.45) is 11.8 Å². The molecule has 0 aromatic carbocycles. The Bertz CT molecular complexity index is 568. The second-order valence-electron chi connectivity index (χ2n) is 7.91. The molecule has 1 spiro atoms. The highest BCUT2D eigenvalue weighted by molar-refractivity contribution is 5.12. The van der Waals surface area contributed by atoms with Crippen LogP contribution in [0.4, 0.5) is 0 Å². The highest BCUT2D eigenvalue weighted by Gasteiger charge is 2.52. The van der Waals surface area contributed by atoms with E-state index in [0.717, 1.165) is 83.3 Å². The second-order valence-corrected chi connectivity index (χ2v) is 7.91. The van der Waals surface area contributed by atoms with Gasteiger partial charge in [0.2, 0.25) is 0 Å². The van der Waals surface area contributed by atoms with E-state index in [2.05, 4.69) is 22.0 Å². The van der Waals surface area contributed by atoms with Crippen LogP contribution in [0.5, 0.6) is 0 Å². The fraction of sp³-hybridized carbons (Fsp3) is 0.750. The fourth-order valence-electron chi connectivity index (χ4n) is 4.40. The Hall–Kier alpha value is -1.01. The van der Waals surface area contributed by atoms with Crippen molar-refractivity contribution < 1.29 is 14.2 Å². The lowest BCUT2D eigenvalue weighted by atomic mass is 9.81. The smallest absolute Gasteiger partial charge is 0.0985 e. The van der Waals surface area contributed by atoms with E-state index in [1.54, 1.807) is 0 Å². The van der Waals surface area contributed by atoms with Crippen molar-refractivity contribution in [2.75, 3.05) is 46.1 Å². The zero-order chi connectivity index (χ0) is 17.1. The Balaban J connectivity index is 1.23. The summed E-state index contributed by atoms with van der Waals surface area (Å²) in [6.07, 6.45) is 3.41. The molecule has 3 aliphatic rings. The molecule has 138 valence electrons. The maximum atomic E-state index is 6.16. The Kier molecular flexibility index (Phi) is 5.36. The first-order chi connectivity index (χ1) is 12.2. The van der Waals surface area contributed by atoms with E-state index in [1.807, 2.05) is 13.0 Å². The Morgan fingerprint density at radius 1 is 1.16 bits per heavy atom. The molecule has 1 aromatic heterocycles. The highest BCUT2D eigenvalue weighted by atomic mass is 16.5. The lowest BCUT2D eigenvalue weighted by Crippen LogP contribution is -2.64. The summed E-state index contributed by atoms with van der Waals surface area (Å²) in [4.78, 5) is 7.06. The predicted octanol–water partition coefficient (Wildman–Crippen LogP) is 2.42. The number of hydrogen-bond donors (Lipinski definition) is 0. The first-order valence-electron chi connectivity index (χ1n) is 9.68. The quantitative estimate of drug-likeness (QED) is 0.791. The third-order valence-electron chi connectivity index (χ3n) is 5.93. The molecule has 0 amide bonds. The molecule has 0 unspecified atom stereocenters. The maximum Gasteiger partial charge on any atom is 0.0985 e. The number of aryl methyl sites for hydroxylation is 1. The SMILES string of the molecule is Cc1cccc(CN2CC3(C2)OCC[C@H]3COCC2CCOCC2)n1. The van der Waals surface area contributed by atoms with Crippen molar-refractivity contribution in [3.05, 3.63) is 29.6 Å². The van der Waals surface area contributed by atoms with Crippen molar-refractivity contribution >= 4 is 0 Å². The molecule has 3 aliphatic heterocycles. The number of pyridine rings is 1. The van der Waals surface area contributed by atoms with Crippen molar-refractivity contribution in [1.29, 1.82) is 0 Å². The summed E-state index contributed by atoms with van der Waals surface area (Å²) in [6.45, 7) is 9.37. The summed E-state index contributed by atoms with van der Waals surface area (Å²) in [5, 5.41) is 0. The van der Waals surface area contributed by atoms with Gasteiger partial charge in [-0.1, -0.05) is 6.07 Å². The van der Waals surface area contributed by atoms with E-state index < -0.39 is 0 Å². The molecule has 4 rings (SSSR count). The Labute approximate surface area is 150 Å². The van der Waals surface area contributed by atoms with Crippen LogP contribution in [0.15, 0.2) is 18.2 Å². The van der Waals surface area contributed by atoms with Crippen LogP contribution in [0.2, 0.25) is 0 Å². The molecule has 0 N–H and O–H groups in total. The van der Waals surface area contributed by atoms with Crippen LogP contribution in [0, 0.1) is 18.8 Å². The zero-order valence-electron chi connectivity index (χ0n) is 15.3. The third kappa shape index (κ3) is 4.05. The van der Waals surface area contributed by atoms with E-state index >= 15 is 0 Å². The monoisotopic (exact) mass is 346 g/mol. The average Bonchev–Trinajstić information content (AvgIpc) is 2.99. The van der Waals surface area contributed by atoms with Crippen LogP contribution < -0.4 is 0 Å². The van der Waals surface area contributed by atoms with Gasteiger partial charge in [0, 0.05) is 57.7 Å². The van der Waals surface area contributed by atoms with Gasteiger partial charge in [-0.05, 0) is 44.2 Å². The molecule has 3 saturated heterocycles. The maximum absolute atomic E-state index is 6.16. The van der Waals surface area contributed by atoms with E-state index in [0.29, 0.717) is 11.8 Å². The summed E-state index contributed by atoms with van der Waals surface area (Å²) in [6, 6.07) is 6.25. The molecule has 1 atom stereocenters. The van der Waals surface area contributed by atoms with Crippen LogP contribution in [0.25, 0.3) is 0 Å². The topological polar surface area (TPSA) is 43.8 Å². The van der Waals surface area contributed by atoms with Crippen molar-refractivity contribution in [1.82, 2.24) is 9.88 Å². The largest absolute Gasteiger partial charge is 0.381 e.